The lowest BCUT2D eigenvalue weighted by Crippen LogP contribution is -2.43. The molecule has 0 aromatic heterocycles. The molecule has 0 unspecified atom stereocenters. The standard InChI is InChI=1S/C16H24N2S/c1-11-8-9-13(3)15(10-11)18-16(19)17-14-7-5-4-6-12(14)2/h8-10,12,14H,4-7H2,1-3H3,(H2,17,18,19)/t12-,14+/m1/s1. The highest BCUT2D eigenvalue weighted by molar-refractivity contribution is 7.80. The summed E-state index contributed by atoms with van der Waals surface area (Å²) in [7, 11) is 0. The van der Waals surface area contributed by atoms with Crippen molar-refractivity contribution < 1.29 is 0 Å². The van der Waals surface area contributed by atoms with E-state index < -0.39 is 0 Å². The molecule has 0 aliphatic heterocycles. The Bertz CT molecular complexity index is 456. The summed E-state index contributed by atoms with van der Waals surface area (Å²) in [6.07, 6.45) is 5.21. The zero-order valence-electron chi connectivity index (χ0n) is 12.1. The molecule has 2 N–H and O–H groups in total. The second-order valence-corrected chi connectivity index (χ2v) is 6.19. The molecule has 1 saturated carbocycles. The molecule has 0 saturated heterocycles. The van der Waals surface area contributed by atoms with Gasteiger partial charge in [0.25, 0.3) is 0 Å². The van der Waals surface area contributed by atoms with Crippen LogP contribution in [0.4, 0.5) is 5.69 Å². The van der Waals surface area contributed by atoms with E-state index in [1.807, 2.05) is 0 Å². The van der Waals surface area contributed by atoms with E-state index in [0.717, 1.165) is 10.8 Å². The van der Waals surface area contributed by atoms with Crippen molar-refractivity contribution in [3.63, 3.8) is 0 Å². The maximum absolute atomic E-state index is 5.45. The molecule has 0 spiro atoms. The number of nitrogens with one attached hydrogen (secondary N) is 2. The van der Waals surface area contributed by atoms with Crippen LogP contribution in [0.2, 0.25) is 0 Å². The molecule has 104 valence electrons. The Morgan fingerprint density at radius 1 is 1.21 bits per heavy atom. The quantitative estimate of drug-likeness (QED) is 0.793. The van der Waals surface area contributed by atoms with E-state index in [1.165, 1.54) is 36.8 Å². The van der Waals surface area contributed by atoms with Gasteiger partial charge < -0.3 is 10.6 Å². The second-order valence-electron chi connectivity index (χ2n) is 5.79. The lowest BCUT2D eigenvalue weighted by atomic mass is 9.86. The third kappa shape index (κ3) is 3.93. The minimum absolute atomic E-state index is 0.527. The zero-order valence-corrected chi connectivity index (χ0v) is 12.9. The van der Waals surface area contributed by atoms with E-state index >= 15 is 0 Å². The smallest absolute Gasteiger partial charge is 0.171 e. The molecule has 1 fully saturated rings. The van der Waals surface area contributed by atoms with E-state index in [2.05, 4.69) is 49.6 Å². The van der Waals surface area contributed by atoms with Crippen LogP contribution in [0.1, 0.15) is 43.7 Å². The van der Waals surface area contributed by atoms with Gasteiger partial charge in [0.1, 0.15) is 0 Å². The second kappa shape index (κ2) is 6.38. The molecular weight excluding hydrogens is 252 g/mol. The molecule has 1 aromatic rings. The molecule has 2 atom stereocenters. The number of hydrogen-bond donors (Lipinski definition) is 2. The minimum Gasteiger partial charge on any atom is -0.359 e. The number of benzene rings is 1. The average molecular weight is 276 g/mol. The van der Waals surface area contributed by atoms with Crippen LogP contribution in [0, 0.1) is 19.8 Å². The summed E-state index contributed by atoms with van der Waals surface area (Å²) < 4.78 is 0. The van der Waals surface area contributed by atoms with Crippen LogP contribution in [0.5, 0.6) is 0 Å². The lowest BCUT2D eigenvalue weighted by Gasteiger charge is -2.30. The highest BCUT2D eigenvalue weighted by atomic mass is 32.1. The van der Waals surface area contributed by atoms with Gasteiger partial charge in [-0.3, -0.25) is 0 Å². The van der Waals surface area contributed by atoms with Gasteiger partial charge in [-0.1, -0.05) is 31.9 Å². The third-order valence-corrected chi connectivity index (χ3v) is 4.29. The Morgan fingerprint density at radius 2 is 1.95 bits per heavy atom. The van der Waals surface area contributed by atoms with Crippen LogP contribution in [-0.4, -0.2) is 11.2 Å². The molecule has 1 aliphatic rings. The average Bonchev–Trinajstić information content (AvgIpc) is 2.37. The van der Waals surface area contributed by atoms with Crippen LogP contribution in [0.25, 0.3) is 0 Å². The maximum Gasteiger partial charge on any atom is 0.171 e. The van der Waals surface area contributed by atoms with E-state index in [-0.39, 0.29) is 0 Å². The summed E-state index contributed by atoms with van der Waals surface area (Å²) in [5.74, 6) is 0.715. The molecule has 0 heterocycles. The molecule has 1 aliphatic carbocycles. The van der Waals surface area contributed by atoms with Gasteiger partial charge in [0.2, 0.25) is 0 Å². The molecular formula is C16H24N2S. The first-order chi connectivity index (χ1) is 9.06. The summed E-state index contributed by atoms with van der Waals surface area (Å²) in [6.45, 7) is 6.52. The number of thiocarbonyl (C=S) groups is 1. The molecule has 2 rings (SSSR count). The van der Waals surface area contributed by atoms with Crippen molar-refractivity contribution in [1.29, 1.82) is 0 Å². The van der Waals surface area contributed by atoms with Gasteiger partial charge in [0.05, 0.1) is 0 Å². The fourth-order valence-corrected chi connectivity index (χ4v) is 2.99. The number of aryl methyl sites for hydroxylation is 2. The van der Waals surface area contributed by atoms with Crippen molar-refractivity contribution in [2.75, 3.05) is 5.32 Å². The number of anilines is 1. The molecule has 0 bridgehead atoms. The molecule has 0 radical (unpaired) electrons. The largest absolute Gasteiger partial charge is 0.359 e. The van der Waals surface area contributed by atoms with E-state index in [0.29, 0.717) is 12.0 Å². The number of rotatable bonds is 2. The van der Waals surface area contributed by atoms with Gasteiger partial charge in [-0.25, -0.2) is 0 Å². The first-order valence-electron chi connectivity index (χ1n) is 7.21. The van der Waals surface area contributed by atoms with Crippen molar-refractivity contribution in [2.45, 2.75) is 52.5 Å². The Kier molecular flexibility index (Phi) is 4.81. The van der Waals surface area contributed by atoms with Crippen LogP contribution in [0.3, 0.4) is 0 Å². The Labute approximate surface area is 122 Å². The Hall–Kier alpha value is -1.09. The summed E-state index contributed by atoms with van der Waals surface area (Å²) in [6, 6.07) is 6.93. The summed E-state index contributed by atoms with van der Waals surface area (Å²) in [5, 5.41) is 7.58. The third-order valence-electron chi connectivity index (χ3n) is 4.07. The van der Waals surface area contributed by atoms with E-state index in [1.54, 1.807) is 0 Å². The van der Waals surface area contributed by atoms with E-state index in [4.69, 9.17) is 12.2 Å². The van der Waals surface area contributed by atoms with Crippen LogP contribution < -0.4 is 10.6 Å². The molecule has 0 amide bonds. The van der Waals surface area contributed by atoms with Gasteiger partial charge in [-0.2, -0.15) is 0 Å². The predicted molar refractivity (Wildman–Crippen MR) is 86.7 cm³/mol. The highest BCUT2D eigenvalue weighted by Crippen LogP contribution is 2.24. The Balaban J connectivity index is 1.95. The van der Waals surface area contributed by atoms with Gasteiger partial charge in [-0.15, -0.1) is 0 Å². The monoisotopic (exact) mass is 276 g/mol. The van der Waals surface area contributed by atoms with Gasteiger partial charge in [-0.05, 0) is 62.0 Å². The fraction of sp³-hybridized carbons (Fsp3) is 0.562. The predicted octanol–water partition coefficient (Wildman–Crippen LogP) is 4.17. The zero-order chi connectivity index (χ0) is 13.8. The van der Waals surface area contributed by atoms with Crippen molar-refractivity contribution in [1.82, 2.24) is 5.32 Å². The molecule has 19 heavy (non-hydrogen) atoms. The van der Waals surface area contributed by atoms with Crippen molar-refractivity contribution in [3.8, 4) is 0 Å². The highest BCUT2D eigenvalue weighted by Gasteiger charge is 2.21. The van der Waals surface area contributed by atoms with Crippen LogP contribution >= 0.6 is 12.2 Å². The van der Waals surface area contributed by atoms with Gasteiger partial charge >= 0.3 is 0 Å². The lowest BCUT2D eigenvalue weighted by molar-refractivity contribution is 0.309. The molecule has 1 aromatic carbocycles. The SMILES string of the molecule is Cc1ccc(C)c(NC(=S)N[C@H]2CCCC[C@H]2C)c1. The van der Waals surface area contributed by atoms with Crippen molar-refractivity contribution >= 4 is 23.0 Å². The Morgan fingerprint density at radius 3 is 2.68 bits per heavy atom. The maximum atomic E-state index is 5.45. The van der Waals surface area contributed by atoms with Gasteiger partial charge in [0.15, 0.2) is 5.11 Å². The topological polar surface area (TPSA) is 24.1 Å². The number of hydrogen-bond acceptors (Lipinski definition) is 1. The van der Waals surface area contributed by atoms with Crippen molar-refractivity contribution in [3.05, 3.63) is 29.3 Å². The van der Waals surface area contributed by atoms with Gasteiger partial charge in [0, 0.05) is 11.7 Å². The summed E-state index contributed by atoms with van der Waals surface area (Å²) in [5.41, 5.74) is 3.59. The van der Waals surface area contributed by atoms with Crippen LogP contribution in [-0.2, 0) is 0 Å². The fourth-order valence-electron chi connectivity index (χ4n) is 2.73. The summed E-state index contributed by atoms with van der Waals surface area (Å²) in [4.78, 5) is 0. The molecule has 2 nitrogen and oxygen atoms in total. The van der Waals surface area contributed by atoms with Crippen molar-refractivity contribution in [2.24, 2.45) is 5.92 Å². The van der Waals surface area contributed by atoms with E-state index in [9.17, 15) is 0 Å². The molecule has 3 heteroatoms. The first-order valence-corrected chi connectivity index (χ1v) is 7.62. The first kappa shape index (κ1) is 14.3. The summed E-state index contributed by atoms with van der Waals surface area (Å²) >= 11 is 5.45. The minimum atomic E-state index is 0.527. The normalized spacial score (nSPS) is 22.9. The van der Waals surface area contributed by atoms with Crippen LogP contribution in [0.15, 0.2) is 18.2 Å².